The average molecular weight is 292 g/mol. The van der Waals surface area contributed by atoms with E-state index >= 15 is 0 Å². The zero-order valence-corrected chi connectivity index (χ0v) is 12.0. The molecule has 2 aromatic rings. The summed E-state index contributed by atoms with van der Waals surface area (Å²) in [4.78, 5) is 1.14. The molecule has 1 atom stereocenters. The molecule has 0 radical (unpaired) electrons. The molecule has 0 bridgehead atoms. The summed E-state index contributed by atoms with van der Waals surface area (Å²) in [6, 6.07) is 14.5. The highest BCUT2D eigenvalue weighted by atomic mass is 32.1. The van der Waals surface area contributed by atoms with Gasteiger partial charge in [-0.1, -0.05) is 30.3 Å². The molecule has 0 saturated heterocycles. The van der Waals surface area contributed by atoms with E-state index in [0.717, 1.165) is 28.2 Å². The van der Waals surface area contributed by atoms with Crippen molar-refractivity contribution in [2.24, 2.45) is 5.73 Å². The highest BCUT2D eigenvalue weighted by Crippen LogP contribution is 2.48. The Morgan fingerprint density at radius 2 is 2.10 bits per heavy atom. The van der Waals surface area contributed by atoms with Crippen LogP contribution in [0.1, 0.15) is 21.9 Å². The van der Waals surface area contributed by atoms with E-state index in [-0.39, 0.29) is 11.8 Å². The van der Waals surface area contributed by atoms with Crippen LogP contribution in [-0.4, -0.2) is 0 Å². The standard InChI is InChI=1S/C17H12N2OS/c18-9-13-15(14-6-3-7-21-14)12-8-10-4-1-2-5-11(10)16(12)20-17(13)19/h1-7,15H,8,19H2. The molecule has 1 aliphatic heterocycles. The summed E-state index contributed by atoms with van der Waals surface area (Å²) in [6.07, 6.45) is 0.812. The van der Waals surface area contributed by atoms with E-state index in [2.05, 4.69) is 18.2 Å². The van der Waals surface area contributed by atoms with E-state index in [1.165, 1.54) is 5.56 Å². The second-order valence-electron chi connectivity index (χ2n) is 5.13. The molecule has 102 valence electrons. The molecule has 1 aromatic heterocycles. The number of nitrogens with zero attached hydrogens (tertiary/aromatic N) is 1. The predicted octanol–water partition coefficient (Wildman–Crippen LogP) is 3.52. The first-order valence-electron chi connectivity index (χ1n) is 6.72. The number of benzene rings is 1. The predicted molar refractivity (Wildman–Crippen MR) is 82.0 cm³/mol. The minimum absolute atomic E-state index is 0.0776. The van der Waals surface area contributed by atoms with Gasteiger partial charge in [-0.2, -0.15) is 5.26 Å². The first kappa shape index (κ1) is 12.2. The van der Waals surface area contributed by atoms with E-state index in [0.29, 0.717) is 5.57 Å². The maximum atomic E-state index is 9.48. The third-order valence-electron chi connectivity index (χ3n) is 4.00. The van der Waals surface area contributed by atoms with Crippen LogP contribution in [0, 0.1) is 11.3 Å². The minimum atomic E-state index is -0.0776. The van der Waals surface area contributed by atoms with Crippen molar-refractivity contribution < 1.29 is 4.74 Å². The lowest BCUT2D eigenvalue weighted by Crippen LogP contribution is -2.18. The fourth-order valence-electron chi connectivity index (χ4n) is 3.08. The summed E-state index contributed by atoms with van der Waals surface area (Å²) in [5.74, 6) is 0.984. The van der Waals surface area contributed by atoms with Gasteiger partial charge in [0.15, 0.2) is 0 Å². The van der Waals surface area contributed by atoms with Crippen molar-refractivity contribution in [3.63, 3.8) is 0 Å². The van der Waals surface area contributed by atoms with Gasteiger partial charge in [-0.15, -0.1) is 11.3 Å². The molecule has 1 aliphatic carbocycles. The molecular formula is C17H12N2OS. The Balaban J connectivity index is 1.91. The van der Waals surface area contributed by atoms with Gasteiger partial charge in [0, 0.05) is 10.4 Å². The molecule has 0 saturated carbocycles. The van der Waals surface area contributed by atoms with Crippen molar-refractivity contribution in [2.45, 2.75) is 12.3 Å². The van der Waals surface area contributed by atoms with Crippen molar-refractivity contribution in [3.8, 4) is 6.07 Å². The van der Waals surface area contributed by atoms with Gasteiger partial charge in [-0.05, 0) is 29.0 Å². The Morgan fingerprint density at radius 1 is 1.24 bits per heavy atom. The molecule has 0 amide bonds. The Morgan fingerprint density at radius 3 is 2.86 bits per heavy atom. The quantitative estimate of drug-likeness (QED) is 0.874. The minimum Gasteiger partial charge on any atom is -0.440 e. The molecule has 4 heteroatoms. The first-order chi connectivity index (χ1) is 10.3. The Bertz CT molecular complexity index is 825. The van der Waals surface area contributed by atoms with E-state index in [9.17, 15) is 5.26 Å². The lowest BCUT2D eigenvalue weighted by molar-refractivity contribution is 0.357. The van der Waals surface area contributed by atoms with Crippen LogP contribution in [0.4, 0.5) is 0 Å². The van der Waals surface area contributed by atoms with Crippen LogP contribution in [0.2, 0.25) is 0 Å². The molecule has 2 N–H and O–H groups in total. The molecule has 0 fully saturated rings. The van der Waals surface area contributed by atoms with E-state index in [1.54, 1.807) is 11.3 Å². The third kappa shape index (κ3) is 1.71. The maximum absolute atomic E-state index is 9.48. The van der Waals surface area contributed by atoms with Gasteiger partial charge in [0.05, 0.1) is 5.92 Å². The molecular weight excluding hydrogens is 280 g/mol. The fraction of sp³-hybridized carbons (Fsp3) is 0.118. The van der Waals surface area contributed by atoms with Gasteiger partial charge in [0.1, 0.15) is 17.4 Å². The number of hydrogen-bond acceptors (Lipinski definition) is 4. The Labute approximate surface area is 126 Å². The normalized spacial score (nSPS) is 19.9. The number of hydrogen-bond donors (Lipinski definition) is 1. The summed E-state index contributed by atoms with van der Waals surface area (Å²) < 4.78 is 5.79. The van der Waals surface area contributed by atoms with Gasteiger partial charge in [-0.25, -0.2) is 0 Å². The summed E-state index contributed by atoms with van der Waals surface area (Å²) in [5, 5.41) is 11.5. The summed E-state index contributed by atoms with van der Waals surface area (Å²) >= 11 is 1.65. The second-order valence-corrected chi connectivity index (χ2v) is 6.11. The Kier molecular flexibility index (Phi) is 2.63. The number of fused-ring (bicyclic) bond motifs is 2. The van der Waals surface area contributed by atoms with Gasteiger partial charge in [0.2, 0.25) is 5.88 Å². The number of ether oxygens (including phenoxy) is 1. The van der Waals surface area contributed by atoms with Crippen molar-refractivity contribution in [2.75, 3.05) is 0 Å². The fourth-order valence-corrected chi connectivity index (χ4v) is 3.95. The van der Waals surface area contributed by atoms with Crippen molar-refractivity contribution in [1.82, 2.24) is 0 Å². The molecule has 21 heavy (non-hydrogen) atoms. The van der Waals surface area contributed by atoms with Gasteiger partial charge in [-0.3, -0.25) is 0 Å². The molecule has 4 rings (SSSR count). The third-order valence-corrected chi connectivity index (χ3v) is 4.93. The highest BCUT2D eigenvalue weighted by Gasteiger charge is 2.37. The molecule has 0 spiro atoms. The SMILES string of the molecule is N#CC1=C(N)OC2=C(Cc3ccccc32)C1c1cccs1. The highest BCUT2D eigenvalue weighted by molar-refractivity contribution is 7.10. The van der Waals surface area contributed by atoms with Crippen molar-refractivity contribution >= 4 is 17.1 Å². The van der Waals surface area contributed by atoms with E-state index in [4.69, 9.17) is 10.5 Å². The largest absolute Gasteiger partial charge is 0.440 e. The zero-order valence-electron chi connectivity index (χ0n) is 11.2. The average Bonchev–Trinajstić information content (AvgIpc) is 3.13. The number of rotatable bonds is 1. The van der Waals surface area contributed by atoms with Crippen molar-refractivity contribution in [1.29, 1.82) is 5.26 Å². The van der Waals surface area contributed by atoms with Crippen LogP contribution in [0.5, 0.6) is 0 Å². The van der Waals surface area contributed by atoms with Gasteiger partial charge >= 0.3 is 0 Å². The monoisotopic (exact) mass is 292 g/mol. The maximum Gasteiger partial charge on any atom is 0.205 e. The first-order valence-corrected chi connectivity index (χ1v) is 7.60. The van der Waals surface area contributed by atoms with Crippen LogP contribution in [0.25, 0.3) is 5.76 Å². The Hall–Kier alpha value is -2.51. The number of nitriles is 1. The zero-order chi connectivity index (χ0) is 14.4. The van der Waals surface area contributed by atoms with E-state index in [1.807, 2.05) is 29.6 Å². The van der Waals surface area contributed by atoms with Crippen LogP contribution < -0.4 is 5.73 Å². The summed E-state index contributed by atoms with van der Waals surface area (Å²) in [5.41, 5.74) is 9.99. The van der Waals surface area contributed by atoms with Crippen LogP contribution in [0.3, 0.4) is 0 Å². The molecule has 2 heterocycles. The number of thiophene rings is 1. The smallest absolute Gasteiger partial charge is 0.205 e. The molecule has 1 aromatic carbocycles. The lowest BCUT2D eigenvalue weighted by atomic mass is 9.87. The lowest BCUT2D eigenvalue weighted by Gasteiger charge is -2.25. The number of nitrogens with two attached hydrogens (primary N) is 1. The summed E-state index contributed by atoms with van der Waals surface area (Å²) in [6.45, 7) is 0. The molecule has 1 unspecified atom stereocenters. The van der Waals surface area contributed by atoms with E-state index < -0.39 is 0 Å². The molecule has 3 nitrogen and oxygen atoms in total. The van der Waals surface area contributed by atoms with Gasteiger partial charge < -0.3 is 10.5 Å². The molecule has 2 aliphatic rings. The van der Waals surface area contributed by atoms with Gasteiger partial charge in [0.25, 0.3) is 0 Å². The van der Waals surface area contributed by atoms with Crippen molar-refractivity contribution in [3.05, 3.63) is 74.8 Å². The van der Waals surface area contributed by atoms with Crippen LogP contribution in [-0.2, 0) is 11.2 Å². The summed E-state index contributed by atoms with van der Waals surface area (Å²) in [7, 11) is 0. The van der Waals surface area contributed by atoms with Crippen LogP contribution in [0.15, 0.2) is 58.8 Å². The number of allylic oxidation sites excluding steroid dienone is 2. The van der Waals surface area contributed by atoms with Crippen LogP contribution >= 0.6 is 11.3 Å². The second kappa shape index (κ2) is 4.51. The topological polar surface area (TPSA) is 59.0 Å².